The Hall–Kier alpha value is -3.71. The van der Waals surface area contributed by atoms with Gasteiger partial charge in [0.1, 0.15) is 17.2 Å². The number of fused-ring (bicyclic) bond motifs is 1. The van der Waals surface area contributed by atoms with Crippen molar-refractivity contribution in [2.24, 2.45) is 0 Å². The Balaban J connectivity index is 1.32. The molecule has 0 saturated carbocycles. The molecule has 0 spiro atoms. The van der Waals surface area contributed by atoms with Gasteiger partial charge in [-0.3, -0.25) is 9.88 Å². The molecule has 7 heteroatoms. The van der Waals surface area contributed by atoms with E-state index < -0.39 is 0 Å². The van der Waals surface area contributed by atoms with Gasteiger partial charge in [0.05, 0.1) is 23.5 Å². The molecule has 0 radical (unpaired) electrons. The van der Waals surface area contributed by atoms with Gasteiger partial charge >= 0.3 is 0 Å². The number of ether oxygens (including phenoxy) is 1. The quantitative estimate of drug-likeness (QED) is 0.297. The number of Topliss-reactive ketones (excluding diaryl/α,β-unsaturated/α-hetero) is 1. The molecule has 0 atom stereocenters. The first kappa shape index (κ1) is 25.0. The van der Waals surface area contributed by atoms with Crippen molar-refractivity contribution in [3.05, 3.63) is 78.2 Å². The SMILES string of the molecule is CC(=O)CCCOc1c(C)cc2cccnc2c1N1CCCN(Cc2ccn(-c3ccccc3)n2)CC1. The molecular weight excluding hydrogens is 462 g/mol. The maximum atomic E-state index is 11.4. The van der Waals surface area contributed by atoms with E-state index in [1.54, 1.807) is 6.92 Å². The van der Waals surface area contributed by atoms with Gasteiger partial charge in [0, 0.05) is 56.9 Å². The number of rotatable bonds is 9. The summed E-state index contributed by atoms with van der Waals surface area (Å²) >= 11 is 0. The summed E-state index contributed by atoms with van der Waals surface area (Å²) in [6, 6.07) is 18.6. The molecule has 192 valence electrons. The summed E-state index contributed by atoms with van der Waals surface area (Å²) in [6.45, 7) is 8.86. The van der Waals surface area contributed by atoms with Crippen LogP contribution in [0, 0.1) is 6.92 Å². The van der Waals surface area contributed by atoms with Crippen molar-refractivity contribution >= 4 is 22.4 Å². The Morgan fingerprint density at radius 1 is 1.03 bits per heavy atom. The fourth-order valence-electron chi connectivity index (χ4n) is 5.05. The van der Waals surface area contributed by atoms with Gasteiger partial charge in [-0.1, -0.05) is 24.3 Å². The number of hydrogen-bond acceptors (Lipinski definition) is 6. The Labute approximate surface area is 218 Å². The number of hydrogen-bond donors (Lipinski definition) is 0. The molecule has 1 aliphatic rings. The second-order valence-corrected chi connectivity index (χ2v) is 9.80. The second-order valence-electron chi connectivity index (χ2n) is 9.80. The fourth-order valence-corrected chi connectivity index (χ4v) is 5.05. The number of carbonyl (C=O) groups excluding carboxylic acids is 1. The highest BCUT2D eigenvalue weighted by Gasteiger charge is 2.23. The van der Waals surface area contributed by atoms with Gasteiger partial charge in [-0.15, -0.1) is 0 Å². The van der Waals surface area contributed by atoms with Gasteiger partial charge in [-0.2, -0.15) is 5.10 Å². The zero-order valence-corrected chi connectivity index (χ0v) is 21.8. The van der Waals surface area contributed by atoms with Gasteiger partial charge in [0.15, 0.2) is 0 Å². The van der Waals surface area contributed by atoms with Gasteiger partial charge in [-0.05, 0) is 62.6 Å². The van der Waals surface area contributed by atoms with Crippen LogP contribution in [0.5, 0.6) is 5.75 Å². The lowest BCUT2D eigenvalue weighted by Crippen LogP contribution is -2.31. The van der Waals surface area contributed by atoms with Crippen molar-refractivity contribution in [3.8, 4) is 11.4 Å². The first-order valence-corrected chi connectivity index (χ1v) is 13.2. The van der Waals surface area contributed by atoms with Crippen molar-refractivity contribution in [2.75, 3.05) is 37.7 Å². The zero-order valence-electron chi connectivity index (χ0n) is 21.8. The van der Waals surface area contributed by atoms with Gasteiger partial charge in [0.2, 0.25) is 0 Å². The van der Waals surface area contributed by atoms with Crippen LogP contribution >= 0.6 is 0 Å². The third kappa shape index (κ3) is 6.00. The van der Waals surface area contributed by atoms with Gasteiger partial charge < -0.3 is 14.4 Å². The first-order chi connectivity index (χ1) is 18.1. The molecule has 7 nitrogen and oxygen atoms in total. The first-order valence-electron chi connectivity index (χ1n) is 13.2. The smallest absolute Gasteiger partial charge is 0.147 e. The summed E-state index contributed by atoms with van der Waals surface area (Å²) in [7, 11) is 0. The minimum absolute atomic E-state index is 0.196. The molecule has 0 amide bonds. The number of carbonyl (C=O) groups is 1. The summed E-state index contributed by atoms with van der Waals surface area (Å²) in [5, 5.41) is 5.93. The van der Waals surface area contributed by atoms with E-state index in [1.165, 1.54) is 0 Å². The molecule has 0 bridgehead atoms. The van der Waals surface area contributed by atoms with Crippen molar-refractivity contribution in [2.45, 2.75) is 39.7 Å². The number of pyridine rings is 1. The largest absolute Gasteiger partial charge is 0.491 e. The Bertz CT molecular complexity index is 1350. The predicted molar refractivity (Wildman–Crippen MR) is 148 cm³/mol. The summed E-state index contributed by atoms with van der Waals surface area (Å²) in [5.41, 5.74) is 5.31. The molecular formula is C30H35N5O2. The molecule has 1 fully saturated rings. The Kier molecular flexibility index (Phi) is 7.80. The van der Waals surface area contributed by atoms with E-state index in [4.69, 9.17) is 14.8 Å². The molecule has 4 aromatic rings. The highest BCUT2D eigenvalue weighted by atomic mass is 16.5. The van der Waals surface area contributed by atoms with E-state index in [-0.39, 0.29) is 5.78 Å². The van der Waals surface area contributed by atoms with E-state index in [2.05, 4.69) is 47.1 Å². The van der Waals surface area contributed by atoms with Crippen LogP contribution < -0.4 is 9.64 Å². The number of aryl methyl sites for hydroxylation is 1. The third-order valence-electron chi connectivity index (χ3n) is 6.88. The number of para-hydroxylation sites is 1. The lowest BCUT2D eigenvalue weighted by Gasteiger charge is -2.28. The zero-order chi connectivity index (χ0) is 25.6. The molecule has 1 saturated heterocycles. The average Bonchev–Trinajstić information content (AvgIpc) is 3.25. The average molecular weight is 498 g/mol. The molecule has 2 aromatic carbocycles. The molecule has 37 heavy (non-hydrogen) atoms. The van der Waals surface area contributed by atoms with Crippen LogP contribution in [-0.2, 0) is 11.3 Å². The summed E-state index contributed by atoms with van der Waals surface area (Å²) in [4.78, 5) is 21.1. The molecule has 2 aromatic heterocycles. The summed E-state index contributed by atoms with van der Waals surface area (Å²) < 4.78 is 8.27. The summed E-state index contributed by atoms with van der Waals surface area (Å²) in [6.07, 6.45) is 6.20. The fraction of sp³-hybridized carbons (Fsp3) is 0.367. The van der Waals surface area contributed by atoms with E-state index in [0.717, 1.165) is 84.9 Å². The van der Waals surface area contributed by atoms with Crippen LogP contribution in [0.15, 0.2) is 67.0 Å². The monoisotopic (exact) mass is 497 g/mol. The molecule has 3 heterocycles. The third-order valence-corrected chi connectivity index (χ3v) is 6.88. The van der Waals surface area contributed by atoms with E-state index in [0.29, 0.717) is 13.0 Å². The minimum Gasteiger partial charge on any atom is -0.491 e. The maximum Gasteiger partial charge on any atom is 0.147 e. The lowest BCUT2D eigenvalue weighted by atomic mass is 10.1. The number of nitrogens with zero attached hydrogens (tertiary/aromatic N) is 5. The van der Waals surface area contributed by atoms with Crippen LogP contribution in [0.3, 0.4) is 0 Å². The highest BCUT2D eigenvalue weighted by Crippen LogP contribution is 2.39. The number of benzene rings is 2. The number of anilines is 1. The van der Waals surface area contributed by atoms with Crippen molar-refractivity contribution < 1.29 is 9.53 Å². The van der Waals surface area contributed by atoms with Crippen LogP contribution in [-0.4, -0.2) is 58.2 Å². The Morgan fingerprint density at radius 3 is 2.73 bits per heavy atom. The van der Waals surface area contributed by atoms with E-state index in [1.807, 2.05) is 41.3 Å². The highest BCUT2D eigenvalue weighted by molar-refractivity contribution is 5.95. The predicted octanol–water partition coefficient (Wildman–Crippen LogP) is 5.19. The maximum absolute atomic E-state index is 11.4. The summed E-state index contributed by atoms with van der Waals surface area (Å²) in [5.74, 6) is 1.09. The van der Waals surface area contributed by atoms with E-state index in [9.17, 15) is 4.79 Å². The van der Waals surface area contributed by atoms with Crippen molar-refractivity contribution in [1.82, 2.24) is 19.7 Å². The molecule has 0 aliphatic carbocycles. The van der Waals surface area contributed by atoms with Crippen molar-refractivity contribution in [1.29, 1.82) is 0 Å². The Morgan fingerprint density at radius 2 is 1.89 bits per heavy atom. The van der Waals surface area contributed by atoms with Crippen LogP contribution in [0.1, 0.15) is 37.4 Å². The molecule has 0 unspecified atom stereocenters. The molecule has 1 aliphatic heterocycles. The normalized spacial score (nSPS) is 14.6. The molecule has 0 N–H and O–H groups in total. The minimum atomic E-state index is 0.196. The van der Waals surface area contributed by atoms with E-state index >= 15 is 0 Å². The van der Waals surface area contributed by atoms with Gasteiger partial charge in [-0.25, -0.2) is 4.68 Å². The van der Waals surface area contributed by atoms with Crippen LogP contribution in [0.25, 0.3) is 16.6 Å². The lowest BCUT2D eigenvalue weighted by molar-refractivity contribution is -0.117. The van der Waals surface area contributed by atoms with Gasteiger partial charge in [0.25, 0.3) is 0 Å². The van der Waals surface area contributed by atoms with Crippen molar-refractivity contribution in [3.63, 3.8) is 0 Å². The van der Waals surface area contributed by atoms with Crippen LogP contribution in [0.4, 0.5) is 5.69 Å². The number of ketones is 1. The second kappa shape index (κ2) is 11.6. The van der Waals surface area contributed by atoms with Crippen LogP contribution in [0.2, 0.25) is 0 Å². The topological polar surface area (TPSA) is 63.5 Å². The molecule has 5 rings (SSSR count). The number of aromatic nitrogens is 3. The standard InChI is InChI=1S/C30H35N5O2/c1-23-21-25-10-6-14-31-28(25)29(30(23)37-20-7-9-24(2)36)34-16-8-15-33(18-19-34)22-26-13-17-35(32-26)27-11-4-3-5-12-27/h3-6,10-14,17,21H,7-9,15-16,18-20,22H2,1-2H3.